The number of carbonyl (C=O) groups excluding carboxylic acids is 3. The number of methoxy groups -OCH3 is 1. The van der Waals surface area contributed by atoms with Crippen LogP contribution in [0.15, 0.2) is 54.7 Å². The van der Waals surface area contributed by atoms with E-state index >= 15 is 0 Å². The van der Waals surface area contributed by atoms with Crippen LogP contribution in [0.2, 0.25) is 0 Å². The Bertz CT molecular complexity index is 1550. The molecule has 4 aromatic rings. The molecule has 0 aliphatic heterocycles. The first-order valence-electron chi connectivity index (χ1n) is 11.4. The van der Waals surface area contributed by atoms with Crippen molar-refractivity contribution in [3.8, 4) is 0 Å². The maximum absolute atomic E-state index is 13.5. The van der Waals surface area contributed by atoms with Crippen LogP contribution in [0, 0.1) is 11.6 Å². The summed E-state index contributed by atoms with van der Waals surface area (Å²) >= 11 is 0. The van der Waals surface area contributed by atoms with Crippen molar-refractivity contribution >= 4 is 23.4 Å². The third-order valence-electron chi connectivity index (χ3n) is 6.21. The number of ether oxygens (including phenoxy) is 1. The van der Waals surface area contributed by atoms with Gasteiger partial charge in [-0.25, -0.2) is 23.1 Å². The number of halogens is 2. The van der Waals surface area contributed by atoms with Crippen LogP contribution < -0.4 is 10.6 Å². The van der Waals surface area contributed by atoms with Gasteiger partial charge in [-0.05, 0) is 53.8 Å². The highest BCUT2D eigenvalue weighted by atomic mass is 19.2. The average molecular weight is 505 g/mol. The van der Waals surface area contributed by atoms with E-state index in [1.165, 1.54) is 30.0 Å². The van der Waals surface area contributed by atoms with Crippen LogP contribution in [-0.4, -0.2) is 39.5 Å². The number of carbonyl (C=O) groups is 3. The van der Waals surface area contributed by atoms with Crippen molar-refractivity contribution in [3.63, 3.8) is 0 Å². The molecular weight excluding hydrogens is 484 g/mol. The summed E-state index contributed by atoms with van der Waals surface area (Å²) in [5.41, 5.74) is 3.02. The molecule has 2 amide bonds. The van der Waals surface area contributed by atoms with E-state index in [1.54, 1.807) is 24.3 Å². The highest BCUT2D eigenvalue weighted by Crippen LogP contribution is 2.32. The molecule has 11 heteroatoms. The zero-order valence-electron chi connectivity index (χ0n) is 19.6. The van der Waals surface area contributed by atoms with Gasteiger partial charge in [-0.1, -0.05) is 12.1 Å². The summed E-state index contributed by atoms with van der Waals surface area (Å²) in [7, 11) is 1.32. The van der Waals surface area contributed by atoms with Crippen molar-refractivity contribution in [2.75, 3.05) is 7.11 Å². The first-order chi connectivity index (χ1) is 17.8. The molecule has 37 heavy (non-hydrogen) atoms. The fourth-order valence-corrected chi connectivity index (χ4v) is 4.36. The van der Waals surface area contributed by atoms with Gasteiger partial charge >= 0.3 is 5.97 Å². The van der Waals surface area contributed by atoms with Crippen molar-refractivity contribution < 1.29 is 27.9 Å². The van der Waals surface area contributed by atoms with E-state index in [9.17, 15) is 23.2 Å². The van der Waals surface area contributed by atoms with Crippen LogP contribution in [0.5, 0.6) is 0 Å². The van der Waals surface area contributed by atoms with Crippen LogP contribution in [0.25, 0.3) is 5.65 Å². The van der Waals surface area contributed by atoms with Crippen molar-refractivity contribution in [2.45, 2.75) is 25.4 Å². The summed E-state index contributed by atoms with van der Waals surface area (Å²) in [6.07, 6.45) is 2.78. The van der Waals surface area contributed by atoms with Gasteiger partial charge in [0.2, 0.25) is 0 Å². The minimum atomic E-state index is -1.01. The molecule has 2 aromatic heterocycles. The molecule has 1 atom stereocenters. The molecule has 1 aliphatic rings. The zero-order chi connectivity index (χ0) is 26.1. The summed E-state index contributed by atoms with van der Waals surface area (Å²) in [5.74, 6) is -3.47. The molecule has 2 heterocycles. The summed E-state index contributed by atoms with van der Waals surface area (Å²) in [6.45, 7) is -0.0594. The first-order valence-corrected chi connectivity index (χ1v) is 11.4. The maximum Gasteiger partial charge on any atom is 0.337 e. The number of aryl methyl sites for hydroxylation is 1. The van der Waals surface area contributed by atoms with Gasteiger partial charge < -0.3 is 15.4 Å². The van der Waals surface area contributed by atoms with Gasteiger partial charge in [0.25, 0.3) is 11.8 Å². The fraction of sp³-hybridized carbons (Fsp3) is 0.192. The smallest absolute Gasteiger partial charge is 0.337 e. The Morgan fingerprint density at radius 2 is 1.89 bits per heavy atom. The number of nitrogens with one attached hydrogen (secondary N) is 2. The number of hydrogen-bond acceptors (Lipinski definition) is 6. The van der Waals surface area contributed by atoms with Gasteiger partial charge in [0.1, 0.15) is 11.4 Å². The molecule has 0 fully saturated rings. The standard InChI is InChI=1S/C26H21F2N5O4/c1-37-26(36)16-3-5-17-15(11-16)4-7-20(17)32-25(35)22-12-21(31-23-8-9-30-33(22)23)24(34)29-13-14-2-6-18(27)19(28)10-14/h2-3,5-6,8-12,20H,4,7,13H2,1H3,(H,29,34)(H,32,35)/t20-/m0/s1. The van der Waals surface area contributed by atoms with Crippen molar-refractivity contribution in [3.05, 3.63) is 100 Å². The Morgan fingerprint density at radius 3 is 2.68 bits per heavy atom. The molecule has 5 rings (SSSR count). The molecule has 0 bridgehead atoms. The number of esters is 1. The fourth-order valence-electron chi connectivity index (χ4n) is 4.36. The van der Waals surface area contributed by atoms with Gasteiger partial charge in [0.05, 0.1) is 24.9 Å². The van der Waals surface area contributed by atoms with Crippen LogP contribution in [0.4, 0.5) is 8.78 Å². The van der Waals surface area contributed by atoms with Crippen LogP contribution in [-0.2, 0) is 17.7 Å². The number of fused-ring (bicyclic) bond motifs is 2. The lowest BCUT2D eigenvalue weighted by Gasteiger charge is -2.15. The van der Waals surface area contributed by atoms with Crippen molar-refractivity contribution in [1.29, 1.82) is 0 Å². The predicted molar refractivity (Wildman–Crippen MR) is 127 cm³/mol. The topological polar surface area (TPSA) is 115 Å². The van der Waals surface area contributed by atoms with Gasteiger partial charge in [0, 0.05) is 18.7 Å². The summed E-state index contributed by atoms with van der Waals surface area (Å²) in [4.78, 5) is 42.2. The molecule has 0 unspecified atom stereocenters. The van der Waals surface area contributed by atoms with E-state index in [2.05, 4.69) is 20.7 Å². The Kier molecular flexibility index (Phi) is 6.34. The van der Waals surface area contributed by atoms with Crippen LogP contribution in [0.1, 0.15) is 60.5 Å². The Hall–Kier alpha value is -4.67. The van der Waals surface area contributed by atoms with E-state index in [1.807, 2.05) is 0 Å². The molecule has 0 saturated carbocycles. The lowest BCUT2D eigenvalue weighted by atomic mass is 10.0. The molecule has 0 spiro atoms. The Morgan fingerprint density at radius 1 is 1.05 bits per heavy atom. The largest absolute Gasteiger partial charge is 0.465 e. The predicted octanol–water partition coefficient (Wildman–Crippen LogP) is 3.14. The lowest BCUT2D eigenvalue weighted by Crippen LogP contribution is -2.30. The average Bonchev–Trinajstić information content (AvgIpc) is 3.54. The van der Waals surface area contributed by atoms with E-state index in [-0.39, 0.29) is 24.0 Å². The molecular formula is C26H21F2N5O4. The molecule has 0 radical (unpaired) electrons. The highest BCUT2D eigenvalue weighted by Gasteiger charge is 2.27. The second kappa shape index (κ2) is 9.76. The number of hydrogen-bond donors (Lipinski definition) is 2. The van der Waals surface area contributed by atoms with E-state index in [0.717, 1.165) is 23.3 Å². The molecule has 188 valence electrons. The van der Waals surface area contributed by atoms with Crippen molar-refractivity contribution in [2.24, 2.45) is 0 Å². The third-order valence-corrected chi connectivity index (χ3v) is 6.21. The van der Waals surface area contributed by atoms with Gasteiger partial charge in [-0.2, -0.15) is 5.10 Å². The first kappa shape index (κ1) is 24.0. The Balaban J connectivity index is 1.35. The van der Waals surface area contributed by atoms with E-state index in [0.29, 0.717) is 29.6 Å². The number of nitrogens with zero attached hydrogens (tertiary/aromatic N) is 3. The van der Waals surface area contributed by atoms with Crippen LogP contribution >= 0.6 is 0 Å². The maximum atomic E-state index is 13.5. The van der Waals surface area contributed by atoms with Crippen molar-refractivity contribution in [1.82, 2.24) is 25.2 Å². The molecule has 2 aromatic carbocycles. The monoisotopic (exact) mass is 505 g/mol. The minimum Gasteiger partial charge on any atom is -0.465 e. The number of benzene rings is 2. The number of rotatable bonds is 6. The van der Waals surface area contributed by atoms with E-state index < -0.39 is 29.4 Å². The quantitative estimate of drug-likeness (QED) is 0.389. The third kappa shape index (κ3) is 4.75. The second-order valence-electron chi connectivity index (χ2n) is 8.53. The highest BCUT2D eigenvalue weighted by molar-refractivity contribution is 5.98. The normalized spacial score (nSPS) is 14.3. The van der Waals surface area contributed by atoms with Gasteiger partial charge in [-0.15, -0.1) is 0 Å². The SMILES string of the molecule is COC(=O)c1ccc2c(c1)CC[C@@H]2NC(=O)c1cc(C(=O)NCc2ccc(F)c(F)c2)nc2ccnn12. The zero-order valence-corrected chi connectivity index (χ0v) is 19.6. The van der Waals surface area contributed by atoms with E-state index in [4.69, 9.17) is 4.74 Å². The summed E-state index contributed by atoms with van der Waals surface area (Å²) in [5, 5.41) is 9.72. The number of amides is 2. The Labute approximate surface area is 209 Å². The summed E-state index contributed by atoms with van der Waals surface area (Å²) < 4.78 is 32.7. The number of aromatic nitrogens is 3. The summed E-state index contributed by atoms with van der Waals surface area (Å²) in [6, 6.07) is 11.1. The lowest BCUT2D eigenvalue weighted by molar-refractivity contribution is 0.0600. The molecule has 0 saturated heterocycles. The van der Waals surface area contributed by atoms with Gasteiger partial charge in [0.15, 0.2) is 17.3 Å². The second-order valence-corrected chi connectivity index (χ2v) is 8.53. The van der Waals surface area contributed by atoms with Gasteiger partial charge in [-0.3, -0.25) is 9.59 Å². The molecule has 9 nitrogen and oxygen atoms in total. The molecule has 1 aliphatic carbocycles. The minimum absolute atomic E-state index is 0.0322. The van der Waals surface area contributed by atoms with Crippen LogP contribution in [0.3, 0.4) is 0 Å². The molecule has 2 N–H and O–H groups in total.